The van der Waals surface area contributed by atoms with Gasteiger partial charge in [-0.05, 0) is 64.7 Å². The van der Waals surface area contributed by atoms with E-state index in [0.717, 1.165) is 94.7 Å². The molecule has 0 aliphatic rings. The summed E-state index contributed by atoms with van der Waals surface area (Å²) in [5.74, 6) is 0.671. The summed E-state index contributed by atoms with van der Waals surface area (Å²) in [6.07, 6.45) is 3.61. The van der Waals surface area contributed by atoms with Crippen molar-refractivity contribution < 1.29 is 0 Å². The Morgan fingerprint density at radius 2 is 0.804 bits per heavy atom. The van der Waals surface area contributed by atoms with Gasteiger partial charge in [-0.3, -0.25) is 4.98 Å². The van der Waals surface area contributed by atoms with Crippen LogP contribution in [-0.4, -0.2) is 24.9 Å². The van der Waals surface area contributed by atoms with Gasteiger partial charge < -0.3 is 0 Å². The molecule has 0 saturated carbocycles. The molecule has 0 spiro atoms. The van der Waals surface area contributed by atoms with E-state index >= 15 is 0 Å². The van der Waals surface area contributed by atoms with Crippen molar-refractivity contribution in [2.45, 2.75) is 0 Å². The minimum atomic E-state index is 0.671. The fourth-order valence-corrected chi connectivity index (χ4v) is 7.29. The van der Waals surface area contributed by atoms with E-state index in [4.69, 9.17) is 19.9 Å². The van der Waals surface area contributed by atoms with E-state index in [1.807, 2.05) is 79.0 Å². The predicted octanol–water partition coefficient (Wildman–Crippen LogP) is 12.6. The molecular formula is C51H33N5. The molecule has 0 aliphatic carbocycles. The van der Waals surface area contributed by atoms with Crippen LogP contribution in [0, 0.1) is 0 Å². The van der Waals surface area contributed by atoms with Gasteiger partial charge in [0.15, 0.2) is 5.82 Å². The summed E-state index contributed by atoms with van der Waals surface area (Å²) in [6, 6.07) is 64.9. The van der Waals surface area contributed by atoms with Crippen LogP contribution in [-0.2, 0) is 0 Å². The van der Waals surface area contributed by atoms with Crippen molar-refractivity contribution in [3.8, 4) is 78.7 Å². The van der Waals surface area contributed by atoms with Crippen molar-refractivity contribution >= 4 is 21.8 Å². The molecule has 0 radical (unpaired) electrons. The van der Waals surface area contributed by atoms with Gasteiger partial charge in [0.25, 0.3) is 0 Å². The largest absolute Gasteiger partial charge is 0.264 e. The maximum atomic E-state index is 5.26. The Bertz CT molecular complexity index is 2910. The van der Waals surface area contributed by atoms with Gasteiger partial charge in [-0.1, -0.05) is 146 Å². The molecule has 0 saturated heterocycles. The smallest absolute Gasteiger partial charge is 0.160 e. The highest BCUT2D eigenvalue weighted by Crippen LogP contribution is 2.37. The van der Waals surface area contributed by atoms with Crippen LogP contribution in [0.1, 0.15) is 0 Å². The maximum Gasteiger partial charge on any atom is 0.160 e. The summed E-state index contributed by atoms with van der Waals surface area (Å²) >= 11 is 0. The molecule has 0 aliphatic heterocycles. The number of hydrogen-bond donors (Lipinski definition) is 0. The molecule has 5 heteroatoms. The topological polar surface area (TPSA) is 64.5 Å². The van der Waals surface area contributed by atoms with Gasteiger partial charge in [0.2, 0.25) is 0 Å². The van der Waals surface area contributed by atoms with E-state index in [0.29, 0.717) is 5.82 Å². The Balaban J connectivity index is 1.01. The molecule has 4 heterocycles. The van der Waals surface area contributed by atoms with Gasteiger partial charge in [0.1, 0.15) is 0 Å². The van der Waals surface area contributed by atoms with E-state index in [2.05, 4.69) is 120 Å². The molecule has 0 N–H and O–H groups in total. The Hall–Kier alpha value is -7.63. The van der Waals surface area contributed by atoms with E-state index < -0.39 is 0 Å². The quantitative estimate of drug-likeness (QED) is 0.154. The van der Waals surface area contributed by atoms with E-state index in [-0.39, 0.29) is 0 Å². The fourth-order valence-electron chi connectivity index (χ4n) is 7.29. The molecule has 10 aromatic rings. The van der Waals surface area contributed by atoms with Gasteiger partial charge in [-0.2, -0.15) is 0 Å². The molecule has 56 heavy (non-hydrogen) atoms. The van der Waals surface area contributed by atoms with Crippen molar-refractivity contribution in [3.63, 3.8) is 0 Å². The van der Waals surface area contributed by atoms with Gasteiger partial charge in [-0.15, -0.1) is 0 Å². The number of hydrogen-bond acceptors (Lipinski definition) is 5. The van der Waals surface area contributed by atoms with Crippen LogP contribution in [0.25, 0.3) is 100 Å². The first kappa shape index (κ1) is 33.0. The summed E-state index contributed by atoms with van der Waals surface area (Å²) in [5, 5.41) is 2.12. The van der Waals surface area contributed by atoms with Crippen molar-refractivity contribution in [3.05, 3.63) is 200 Å². The summed E-state index contributed by atoms with van der Waals surface area (Å²) in [7, 11) is 0. The molecule has 0 fully saturated rings. The van der Waals surface area contributed by atoms with Crippen LogP contribution >= 0.6 is 0 Å². The van der Waals surface area contributed by atoms with E-state index in [1.165, 1.54) is 0 Å². The standard InChI is InChI=1S/C51H33N5/c1-4-11-37(12-5-1)45-28-26-41-31-44(43-27-29-46(38-13-6-2-7-14-38)54-50(43)49(41)53-45)36-22-18-34(19-23-36)35-20-24-40(25-21-35)51-55-47(39-15-8-3-9-16-39)32-48(56-51)42-17-10-30-52-33-42/h1-33H. The first-order chi connectivity index (χ1) is 27.7. The third-order valence-electron chi connectivity index (χ3n) is 10.2. The van der Waals surface area contributed by atoms with E-state index in [9.17, 15) is 0 Å². The summed E-state index contributed by atoms with van der Waals surface area (Å²) in [6.45, 7) is 0. The Morgan fingerprint density at radius 3 is 1.39 bits per heavy atom. The van der Waals surface area contributed by atoms with Gasteiger partial charge in [-0.25, -0.2) is 19.9 Å². The SMILES string of the molecule is c1ccc(-c2cc(-c3cccnc3)nc(-c3ccc(-c4ccc(-c5cc6ccc(-c7ccccc7)nc6c6nc(-c7ccccc7)ccc56)cc4)cc3)n2)cc1. The number of rotatable bonds is 7. The zero-order valence-electron chi connectivity index (χ0n) is 30.3. The Labute approximate surface area is 324 Å². The number of aromatic nitrogens is 5. The third-order valence-corrected chi connectivity index (χ3v) is 10.2. The van der Waals surface area contributed by atoms with Gasteiger partial charge in [0, 0.05) is 51.0 Å². The highest BCUT2D eigenvalue weighted by Gasteiger charge is 2.15. The third kappa shape index (κ3) is 6.37. The summed E-state index contributed by atoms with van der Waals surface area (Å²) < 4.78 is 0. The van der Waals surface area contributed by atoms with Crippen molar-refractivity contribution in [2.75, 3.05) is 0 Å². The van der Waals surface area contributed by atoms with Gasteiger partial charge >= 0.3 is 0 Å². The minimum absolute atomic E-state index is 0.671. The predicted molar refractivity (Wildman–Crippen MR) is 228 cm³/mol. The Morgan fingerprint density at radius 1 is 0.304 bits per heavy atom. The first-order valence-corrected chi connectivity index (χ1v) is 18.7. The van der Waals surface area contributed by atoms with Gasteiger partial charge in [0.05, 0.1) is 33.8 Å². The molecule has 0 amide bonds. The maximum absolute atomic E-state index is 5.26. The lowest BCUT2D eigenvalue weighted by Crippen LogP contribution is -1.96. The molecule has 262 valence electrons. The van der Waals surface area contributed by atoms with Crippen LogP contribution in [0.5, 0.6) is 0 Å². The fraction of sp³-hybridized carbons (Fsp3) is 0. The number of benzene rings is 6. The highest BCUT2D eigenvalue weighted by molar-refractivity contribution is 6.11. The number of fused-ring (bicyclic) bond motifs is 3. The van der Waals surface area contributed by atoms with Crippen LogP contribution in [0.3, 0.4) is 0 Å². The normalized spacial score (nSPS) is 11.2. The second-order valence-corrected chi connectivity index (χ2v) is 13.7. The van der Waals surface area contributed by atoms with Crippen molar-refractivity contribution in [1.82, 2.24) is 24.9 Å². The molecule has 6 aromatic carbocycles. The summed E-state index contributed by atoms with van der Waals surface area (Å²) in [4.78, 5) is 24.8. The Kier molecular flexibility index (Phi) is 8.43. The minimum Gasteiger partial charge on any atom is -0.264 e. The first-order valence-electron chi connectivity index (χ1n) is 18.7. The summed E-state index contributed by atoms with van der Waals surface area (Å²) in [5.41, 5.74) is 14.9. The number of pyridine rings is 3. The zero-order valence-corrected chi connectivity index (χ0v) is 30.3. The molecule has 0 unspecified atom stereocenters. The van der Waals surface area contributed by atoms with Crippen LogP contribution in [0.4, 0.5) is 0 Å². The lowest BCUT2D eigenvalue weighted by atomic mass is 9.94. The second-order valence-electron chi connectivity index (χ2n) is 13.7. The molecule has 0 atom stereocenters. The lowest BCUT2D eigenvalue weighted by Gasteiger charge is -2.13. The monoisotopic (exact) mass is 715 g/mol. The van der Waals surface area contributed by atoms with Crippen LogP contribution < -0.4 is 0 Å². The molecule has 0 bridgehead atoms. The van der Waals surface area contributed by atoms with Crippen molar-refractivity contribution in [2.24, 2.45) is 0 Å². The molecule has 4 aromatic heterocycles. The molecule has 10 rings (SSSR count). The lowest BCUT2D eigenvalue weighted by molar-refractivity contribution is 1.18. The second kappa shape index (κ2) is 14.3. The highest BCUT2D eigenvalue weighted by atomic mass is 14.9. The molecule has 5 nitrogen and oxygen atoms in total. The van der Waals surface area contributed by atoms with E-state index in [1.54, 1.807) is 6.20 Å². The average molecular weight is 716 g/mol. The van der Waals surface area contributed by atoms with Crippen LogP contribution in [0.15, 0.2) is 200 Å². The number of nitrogens with zero attached hydrogens (tertiary/aromatic N) is 5. The zero-order chi connectivity index (χ0) is 37.3. The van der Waals surface area contributed by atoms with Crippen molar-refractivity contribution in [1.29, 1.82) is 0 Å². The van der Waals surface area contributed by atoms with Crippen LogP contribution in [0.2, 0.25) is 0 Å². The molecular weight excluding hydrogens is 683 g/mol. The average Bonchev–Trinajstić information content (AvgIpc) is 3.29.